The summed E-state index contributed by atoms with van der Waals surface area (Å²) >= 11 is 0. The zero-order chi connectivity index (χ0) is 13.9. The second kappa shape index (κ2) is 5.59. The third-order valence-corrected chi connectivity index (χ3v) is 2.65. The van der Waals surface area contributed by atoms with Crippen LogP contribution < -0.4 is 5.73 Å². The van der Waals surface area contributed by atoms with Crippen LogP contribution in [0.15, 0.2) is 12.1 Å². The van der Waals surface area contributed by atoms with Crippen LogP contribution in [0.1, 0.15) is 40.4 Å². The highest BCUT2D eigenvalue weighted by Crippen LogP contribution is 2.23. The molecule has 0 spiro atoms. The van der Waals surface area contributed by atoms with Crippen molar-refractivity contribution < 1.29 is 24.2 Å². The molecule has 0 saturated carbocycles. The summed E-state index contributed by atoms with van der Waals surface area (Å²) in [5.74, 6) is -3.18. The summed E-state index contributed by atoms with van der Waals surface area (Å²) < 4.78 is 13.3. The molecule has 0 aliphatic heterocycles. The Bertz CT molecular complexity index is 487. The third kappa shape index (κ3) is 3.27. The van der Waals surface area contributed by atoms with E-state index in [4.69, 9.17) is 15.9 Å². The smallest absolute Gasteiger partial charge is 0.338 e. The minimum atomic E-state index is -1.38. The predicted molar refractivity (Wildman–Crippen MR) is 61.9 cm³/mol. The molecule has 0 amide bonds. The first-order valence-electron chi connectivity index (χ1n) is 5.33. The van der Waals surface area contributed by atoms with Gasteiger partial charge in [0.2, 0.25) is 0 Å². The summed E-state index contributed by atoms with van der Waals surface area (Å²) in [4.78, 5) is 21.2. The molecule has 5 nitrogen and oxygen atoms in total. The van der Waals surface area contributed by atoms with Crippen molar-refractivity contribution in [3.8, 4) is 0 Å². The van der Waals surface area contributed by atoms with Gasteiger partial charge in [-0.25, -0.2) is 9.18 Å². The van der Waals surface area contributed by atoms with E-state index in [1.54, 1.807) is 6.92 Å². The van der Waals surface area contributed by atoms with Gasteiger partial charge in [0, 0.05) is 12.5 Å². The first kappa shape index (κ1) is 14.1. The molecular formula is C12H14FNO4. The fourth-order valence-electron chi connectivity index (χ4n) is 1.69. The number of carboxylic acid groups (broad SMARTS) is 2. The molecular weight excluding hydrogens is 241 g/mol. The van der Waals surface area contributed by atoms with Crippen LogP contribution in [-0.2, 0) is 4.79 Å². The summed E-state index contributed by atoms with van der Waals surface area (Å²) in [6, 6.07) is 1.64. The van der Waals surface area contributed by atoms with Gasteiger partial charge in [-0.05, 0) is 36.6 Å². The number of carboxylic acids is 2. The van der Waals surface area contributed by atoms with Crippen molar-refractivity contribution in [3.05, 3.63) is 34.6 Å². The maximum atomic E-state index is 13.3. The lowest BCUT2D eigenvalue weighted by molar-refractivity contribution is -0.137. The van der Waals surface area contributed by atoms with E-state index in [0.717, 1.165) is 6.07 Å². The van der Waals surface area contributed by atoms with Gasteiger partial charge in [-0.3, -0.25) is 4.79 Å². The summed E-state index contributed by atoms with van der Waals surface area (Å²) in [6.07, 6.45) is 0.0429. The minimum absolute atomic E-state index is 0.125. The summed E-state index contributed by atoms with van der Waals surface area (Å²) in [6.45, 7) is 1.60. The van der Waals surface area contributed by atoms with Gasteiger partial charge in [0.15, 0.2) is 0 Å². The number of halogens is 1. The lowest BCUT2D eigenvalue weighted by atomic mass is 9.95. The number of aromatic carboxylic acids is 1. The van der Waals surface area contributed by atoms with Crippen molar-refractivity contribution in [2.75, 3.05) is 0 Å². The standard InChI is InChI=1S/C12H14FNO4/c1-6-4-9(13)8(12(17)18)5-7(6)10(14)2-3-11(15)16/h4-5,10H,2-3,14H2,1H3,(H,15,16)(H,17,18). The molecule has 6 heteroatoms. The van der Waals surface area contributed by atoms with Gasteiger partial charge >= 0.3 is 11.9 Å². The van der Waals surface area contributed by atoms with Gasteiger partial charge in [-0.1, -0.05) is 0 Å². The van der Waals surface area contributed by atoms with E-state index in [-0.39, 0.29) is 12.8 Å². The molecule has 1 aromatic rings. The number of benzene rings is 1. The SMILES string of the molecule is Cc1cc(F)c(C(=O)O)cc1C(N)CCC(=O)O. The molecule has 1 atom stereocenters. The second-order valence-electron chi connectivity index (χ2n) is 4.03. The Morgan fingerprint density at radius 2 is 2.00 bits per heavy atom. The number of hydrogen-bond donors (Lipinski definition) is 3. The Labute approximate surface area is 103 Å². The molecule has 1 aromatic carbocycles. The average Bonchev–Trinajstić information content (AvgIpc) is 2.25. The van der Waals surface area contributed by atoms with Crippen molar-refractivity contribution in [2.24, 2.45) is 5.73 Å². The van der Waals surface area contributed by atoms with Gasteiger partial charge in [0.1, 0.15) is 5.82 Å². The average molecular weight is 255 g/mol. The third-order valence-electron chi connectivity index (χ3n) is 2.65. The quantitative estimate of drug-likeness (QED) is 0.743. The fraction of sp³-hybridized carbons (Fsp3) is 0.333. The van der Waals surface area contributed by atoms with Crippen molar-refractivity contribution >= 4 is 11.9 Å². The topological polar surface area (TPSA) is 101 Å². The highest BCUT2D eigenvalue weighted by Gasteiger charge is 2.17. The van der Waals surface area contributed by atoms with E-state index in [2.05, 4.69) is 0 Å². The van der Waals surface area contributed by atoms with Crippen LogP contribution >= 0.6 is 0 Å². The van der Waals surface area contributed by atoms with Crippen molar-refractivity contribution in [2.45, 2.75) is 25.8 Å². The Balaban J connectivity index is 3.04. The lowest BCUT2D eigenvalue weighted by Crippen LogP contribution is -2.15. The molecule has 0 heterocycles. The maximum Gasteiger partial charge on any atom is 0.338 e. The first-order chi connectivity index (χ1) is 8.32. The predicted octanol–water partition coefficient (Wildman–Crippen LogP) is 1.70. The molecule has 1 unspecified atom stereocenters. The zero-order valence-corrected chi connectivity index (χ0v) is 9.81. The van der Waals surface area contributed by atoms with E-state index >= 15 is 0 Å². The van der Waals surface area contributed by atoms with E-state index in [0.29, 0.717) is 11.1 Å². The maximum absolute atomic E-state index is 13.3. The van der Waals surface area contributed by atoms with Crippen molar-refractivity contribution in [1.29, 1.82) is 0 Å². The van der Waals surface area contributed by atoms with Gasteiger partial charge in [0.05, 0.1) is 5.56 Å². The Morgan fingerprint density at radius 3 is 2.50 bits per heavy atom. The van der Waals surface area contributed by atoms with Crippen LogP contribution in [0.25, 0.3) is 0 Å². The highest BCUT2D eigenvalue weighted by atomic mass is 19.1. The highest BCUT2D eigenvalue weighted by molar-refractivity contribution is 5.88. The van der Waals surface area contributed by atoms with Crippen molar-refractivity contribution in [3.63, 3.8) is 0 Å². The van der Waals surface area contributed by atoms with Crippen LogP contribution in [-0.4, -0.2) is 22.2 Å². The molecule has 0 aromatic heterocycles. The van der Waals surface area contributed by atoms with Gasteiger partial charge in [-0.2, -0.15) is 0 Å². The van der Waals surface area contributed by atoms with Crippen molar-refractivity contribution in [1.82, 2.24) is 0 Å². The largest absolute Gasteiger partial charge is 0.481 e. The van der Waals surface area contributed by atoms with Gasteiger partial charge in [-0.15, -0.1) is 0 Å². The number of rotatable bonds is 5. The Hall–Kier alpha value is -1.95. The van der Waals surface area contributed by atoms with Crippen LogP contribution in [0.5, 0.6) is 0 Å². The monoisotopic (exact) mass is 255 g/mol. The number of carbonyl (C=O) groups is 2. The van der Waals surface area contributed by atoms with Gasteiger partial charge in [0.25, 0.3) is 0 Å². The van der Waals surface area contributed by atoms with Crippen LogP contribution in [0.4, 0.5) is 4.39 Å². The Morgan fingerprint density at radius 1 is 1.39 bits per heavy atom. The summed E-state index contributed by atoms with van der Waals surface area (Å²) in [5.41, 5.74) is 6.29. The first-order valence-corrected chi connectivity index (χ1v) is 5.33. The molecule has 0 fully saturated rings. The normalized spacial score (nSPS) is 12.2. The second-order valence-corrected chi connectivity index (χ2v) is 4.03. The number of hydrogen-bond acceptors (Lipinski definition) is 3. The minimum Gasteiger partial charge on any atom is -0.481 e. The summed E-state index contributed by atoms with van der Waals surface area (Å²) in [5, 5.41) is 17.4. The molecule has 4 N–H and O–H groups in total. The molecule has 1 rings (SSSR count). The van der Waals surface area contributed by atoms with Gasteiger partial charge < -0.3 is 15.9 Å². The lowest BCUT2D eigenvalue weighted by Gasteiger charge is -2.15. The van der Waals surface area contributed by atoms with E-state index in [9.17, 15) is 14.0 Å². The molecule has 0 aliphatic rings. The molecule has 98 valence electrons. The number of aliphatic carboxylic acids is 1. The van der Waals surface area contributed by atoms with E-state index in [1.807, 2.05) is 0 Å². The zero-order valence-electron chi connectivity index (χ0n) is 9.81. The Kier molecular flexibility index (Phi) is 4.38. The number of nitrogens with two attached hydrogens (primary N) is 1. The molecule has 0 aliphatic carbocycles. The van der Waals surface area contributed by atoms with E-state index in [1.165, 1.54) is 6.07 Å². The van der Waals surface area contributed by atoms with E-state index < -0.39 is 29.4 Å². The fourth-order valence-corrected chi connectivity index (χ4v) is 1.69. The molecule has 0 radical (unpaired) electrons. The summed E-state index contributed by atoms with van der Waals surface area (Å²) in [7, 11) is 0. The van der Waals surface area contributed by atoms with Crippen LogP contribution in [0.3, 0.4) is 0 Å². The van der Waals surface area contributed by atoms with Crippen LogP contribution in [0.2, 0.25) is 0 Å². The number of aryl methyl sites for hydroxylation is 1. The molecule has 0 bridgehead atoms. The van der Waals surface area contributed by atoms with Crippen LogP contribution in [0, 0.1) is 12.7 Å². The molecule has 18 heavy (non-hydrogen) atoms. The molecule has 0 saturated heterocycles.